The Balaban J connectivity index is 1.25. The van der Waals surface area contributed by atoms with E-state index in [2.05, 4.69) is 273 Å². The van der Waals surface area contributed by atoms with E-state index in [-0.39, 0.29) is 39.2 Å². The maximum atomic E-state index is 2.82. The van der Waals surface area contributed by atoms with Gasteiger partial charge in [0.25, 0.3) is 6.71 Å². The molecular weight excluding hydrogens is 964 g/mol. The quantitative estimate of drug-likeness (QED) is 0.145. The largest absolute Gasteiger partial charge is 0.310 e. The molecule has 2 nitrogen and oxygen atoms in total. The molecule has 15 rings (SSSR count). The molecule has 5 heterocycles. The van der Waals surface area contributed by atoms with Gasteiger partial charge in [-0.1, -0.05) is 222 Å². The second kappa shape index (κ2) is 15.3. The average Bonchev–Trinajstić information content (AvgIpc) is 2.58. The fourth-order valence-electron chi connectivity index (χ4n) is 15.6. The van der Waals surface area contributed by atoms with Crippen LogP contribution in [-0.2, 0) is 37.9 Å². The standard InChI is InChI=1S/C77H77BN2/c1-71(2,3)43-28-32-64-52(34-43)53-36-45(73(7,8)9)39-62-67(53)79(64)69-50(42-27-29-49-51(33-42)57(76(16,17)18)31-30-56(49)75(13,14)15)41-61-70-65(69)78(62)63-40-46(74(10,11)12)37-55-54-35-44(72(4,5)6)38-60(66(54)80(70)68(55)63)77(61)58-25-21-19-23-47(58)48-24-20-22-26-59(48)77/h19-41H,1-18H3. The summed E-state index contributed by atoms with van der Waals surface area (Å²) in [5, 5.41) is 8.13. The molecule has 0 radical (unpaired) electrons. The van der Waals surface area contributed by atoms with Gasteiger partial charge in [0.15, 0.2) is 0 Å². The van der Waals surface area contributed by atoms with Gasteiger partial charge in [-0.25, -0.2) is 0 Å². The summed E-state index contributed by atoms with van der Waals surface area (Å²) in [4.78, 5) is 0. The van der Waals surface area contributed by atoms with Crippen molar-refractivity contribution in [3.8, 4) is 33.6 Å². The summed E-state index contributed by atoms with van der Waals surface area (Å²) >= 11 is 0. The molecule has 11 aromatic rings. The monoisotopic (exact) mass is 1040 g/mol. The lowest BCUT2D eigenvalue weighted by molar-refractivity contribution is 0.585. The summed E-state index contributed by atoms with van der Waals surface area (Å²) in [6, 6.07) is 57.4. The number of nitrogens with zero attached hydrogens (tertiary/aromatic N) is 2. The molecule has 0 bridgehead atoms. The van der Waals surface area contributed by atoms with Crippen LogP contribution in [0.25, 0.3) is 88.0 Å². The second-order valence-corrected chi connectivity index (χ2v) is 31.0. The van der Waals surface area contributed by atoms with Gasteiger partial charge in [-0.15, -0.1) is 0 Å². The third-order valence-electron chi connectivity index (χ3n) is 19.7. The summed E-state index contributed by atoms with van der Waals surface area (Å²) in [5.41, 5.74) is 30.2. The zero-order chi connectivity index (χ0) is 56.2. The minimum absolute atomic E-state index is 0.0288. The first kappa shape index (κ1) is 49.9. The van der Waals surface area contributed by atoms with Crippen LogP contribution >= 0.6 is 0 Å². The van der Waals surface area contributed by atoms with Crippen molar-refractivity contribution in [1.82, 2.24) is 9.13 Å². The summed E-state index contributed by atoms with van der Waals surface area (Å²) < 4.78 is 5.60. The van der Waals surface area contributed by atoms with E-state index >= 15 is 0 Å². The number of fused-ring (bicyclic) bond motifs is 15. The van der Waals surface area contributed by atoms with Gasteiger partial charge in [0, 0.05) is 43.8 Å². The van der Waals surface area contributed by atoms with Crippen molar-refractivity contribution in [2.75, 3.05) is 0 Å². The SMILES string of the molecule is CC(C)(C)c1ccc2c(c1)c1cc(C(C)(C)C)cc3c1n2-c1c(-c2ccc4c(C(C)(C)C)ccc(C(C)(C)C)c4c2)cc2c4c1B3c1cc(C(C)(C)C)cc3c5cc(C(C)(C)C)cc(c5n-4c13)C21c2ccccc2-c2ccccc21. The van der Waals surface area contributed by atoms with Crippen LogP contribution in [0.15, 0.2) is 140 Å². The van der Waals surface area contributed by atoms with Crippen LogP contribution in [-0.4, -0.2) is 15.8 Å². The Labute approximate surface area is 475 Å². The highest BCUT2D eigenvalue weighted by Crippen LogP contribution is 2.63. The number of hydrogen-bond donors (Lipinski definition) is 0. The van der Waals surface area contributed by atoms with E-state index in [1.807, 2.05) is 0 Å². The zero-order valence-corrected chi connectivity index (χ0v) is 50.8. The second-order valence-electron chi connectivity index (χ2n) is 31.0. The summed E-state index contributed by atoms with van der Waals surface area (Å²) in [5.74, 6) is 0. The molecule has 2 aromatic heterocycles. The van der Waals surface area contributed by atoms with Gasteiger partial charge in [-0.05, 0) is 174 Å². The van der Waals surface area contributed by atoms with Crippen molar-refractivity contribution < 1.29 is 0 Å². The molecule has 80 heavy (non-hydrogen) atoms. The lowest BCUT2D eigenvalue weighted by atomic mass is 9.33. The molecule has 0 saturated carbocycles. The highest BCUT2D eigenvalue weighted by Gasteiger charge is 2.55. The van der Waals surface area contributed by atoms with Gasteiger partial charge < -0.3 is 9.13 Å². The molecule has 3 heteroatoms. The van der Waals surface area contributed by atoms with E-state index in [9.17, 15) is 0 Å². The third-order valence-corrected chi connectivity index (χ3v) is 19.7. The zero-order valence-electron chi connectivity index (χ0n) is 50.8. The van der Waals surface area contributed by atoms with Crippen molar-refractivity contribution in [2.45, 2.75) is 163 Å². The van der Waals surface area contributed by atoms with Crippen LogP contribution in [0.1, 0.15) is 180 Å². The van der Waals surface area contributed by atoms with Crippen molar-refractivity contribution in [3.63, 3.8) is 0 Å². The molecule has 3 aliphatic heterocycles. The first-order chi connectivity index (χ1) is 37.5. The smallest absolute Gasteiger partial charge is 0.252 e. The highest BCUT2D eigenvalue weighted by molar-refractivity contribution is 7.00. The lowest BCUT2D eigenvalue weighted by Crippen LogP contribution is -2.61. The molecule has 0 atom stereocenters. The van der Waals surface area contributed by atoms with E-state index in [0.29, 0.717) is 0 Å². The maximum Gasteiger partial charge on any atom is 0.252 e. The van der Waals surface area contributed by atoms with Gasteiger partial charge in [0.1, 0.15) is 0 Å². The number of benzene rings is 9. The van der Waals surface area contributed by atoms with Crippen LogP contribution in [0.2, 0.25) is 0 Å². The molecule has 0 saturated heterocycles. The first-order valence-corrected chi connectivity index (χ1v) is 29.8. The summed E-state index contributed by atoms with van der Waals surface area (Å²) in [7, 11) is 0. The molecule has 9 aromatic carbocycles. The molecule has 1 spiro atoms. The van der Waals surface area contributed by atoms with E-state index in [4.69, 9.17) is 0 Å². The predicted molar refractivity (Wildman–Crippen MR) is 346 cm³/mol. The Morgan fingerprint density at radius 2 is 0.812 bits per heavy atom. The molecule has 0 fully saturated rings. The molecule has 398 valence electrons. The third kappa shape index (κ3) is 6.33. The fraction of sp³-hybridized carbons (Fsp3) is 0.325. The van der Waals surface area contributed by atoms with Crippen molar-refractivity contribution in [1.29, 1.82) is 0 Å². The van der Waals surface area contributed by atoms with Gasteiger partial charge >= 0.3 is 0 Å². The van der Waals surface area contributed by atoms with E-state index in [1.165, 1.54) is 160 Å². The molecule has 1 aliphatic carbocycles. The van der Waals surface area contributed by atoms with E-state index in [1.54, 1.807) is 0 Å². The minimum Gasteiger partial charge on any atom is -0.310 e. The Morgan fingerprint density at radius 3 is 1.36 bits per heavy atom. The van der Waals surface area contributed by atoms with Crippen LogP contribution < -0.4 is 16.4 Å². The lowest BCUT2D eigenvalue weighted by Gasteiger charge is -2.45. The Bertz CT molecular complexity index is 4590. The average molecular weight is 1040 g/mol. The Kier molecular flexibility index (Phi) is 9.52. The highest BCUT2D eigenvalue weighted by atomic mass is 15.1. The van der Waals surface area contributed by atoms with E-state index in [0.717, 1.165) is 0 Å². The van der Waals surface area contributed by atoms with Gasteiger partial charge in [0.2, 0.25) is 0 Å². The predicted octanol–water partition coefficient (Wildman–Crippen LogP) is 18.3. The van der Waals surface area contributed by atoms with Gasteiger partial charge in [-0.2, -0.15) is 0 Å². The number of aromatic nitrogens is 2. The van der Waals surface area contributed by atoms with Crippen molar-refractivity contribution in [3.05, 3.63) is 195 Å². The molecule has 0 amide bonds. The molecule has 0 unspecified atom stereocenters. The van der Waals surface area contributed by atoms with E-state index < -0.39 is 5.41 Å². The first-order valence-electron chi connectivity index (χ1n) is 29.8. The van der Waals surface area contributed by atoms with Crippen molar-refractivity contribution >= 4 is 77.5 Å². The normalized spacial score (nSPS) is 15.2. The summed E-state index contributed by atoms with van der Waals surface area (Å²) in [6.07, 6.45) is 0. The van der Waals surface area contributed by atoms with Gasteiger partial charge in [0.05, 0.1) is 22.1 Å². The Hall–Kier alpha value is -7.10. The topological polar surface area (TPSA) is 9.86 Å². The molecule has 4 aliphatic rings. The van der Waals surface area contributed by atoms with Crippen LogP contribution in [0.5, 0.6) is 0 Å². The Morgan fingerprint density at radius 1 is 0.325 bits per heavy atom. The number of rotatable bonds is 1. The van der Waals surface area contributed by atoms with Crippen LogP contribution in [0, 0.1) is 0 Å². The molecular formula is C77H77BN2. The maximum absolute atomic E-state index is 2.82. The number of hydrogen-bond acceptors (Lipinski definition) is 0. The molecule has 0 N–H and O–H groups in total. The van der Waals surface area contributed by atoms with Crippen LogP contribution in [0.3, 0.4) is 0 Å². The fourth-order valence-corrected chi connectivity index (χ4v) is 15.6. The van der Waals surface area contributed by atoms with Crippen molar-refractivity contribution in [2.24, 2.45) is 0 Å². The van der Waals surface area contributed by atoms with Crippen LogP contribution in [0.4, 0.5) is 0 Å². The minimum atomic E-state index is -0.638. The summed E-state index contributed by atoms with van der Waals surface area (Å²) in [6.45, 7) is 43.1. The van der Waals surface area contributed by atoms with Gasteiger partial charge in [-0.3, -0.25) is 0 Å².